The lowest BCUT2D eigenvalue weighted by Crippen LogP contribution is -2.11. The Hall–Kier alpha value is -2.28. The number of methoxy groups -OCH3 is 1. The van der Waals surface area contributed by atoms with Gasteiger partial charge in [0.2, 0.25) is 0 Å². The SMILES string of the molecule is COC(=O)c1cc(N)cc(Cl)c1NCc1nncn1C. The number of halogens is 1. The highest BCUT2D eigenvalue weighted by Gasteiger charge is 2.16. The minimum Gasteiger partial charge on any atom is -0.465 e. The number of hydrogen-bond donors (Lipinski definition) is 2. The lowest BCUT2D eigenvalue weighted by atomic mass is 10.1. The maximum atomic E-state index is 11.8. The van der Waals surface area contributed by atoms with E-state index in [1.54, 1.807) is 17.0 Å². The fraction of sp³-hybridized carbons (Fsp3) is 0.250. The van der Waals surface area contributed by atoms with Crippen LogP contribution < -0.4 is 11.1 Å². The van der Waals surface area contributed by atoms with E-state index in [1.165, 1.54) is 13.2 Å². The van der Waals surface area contributed by atoms with Crippen molar-refractivity contribution in [1.29, 1.82) is 0 Å². The number of esters is 1. The Kier molecular flexibility index (Phi) is 4.09. The third-order valence-electron chi connectivity index (χ3n) is 2.75. The van der Waals surface area contributed by atoms with Crippen LogP contribution in [0.15, 0.2) is 18.5 Å². The number of nitrogens with zero attached hydrogens (tertiary/aromatic N) is 3. The maximum absolute atomic E-state index is 11.8. The smallest absolute Gasteiger partial charge is 0.340 e. The molecular formula is C12H14ClN5O2. The molecule has 8 heteroatoms. The van der Waals surface area contributed by atoms with Crippen molar-refractivity contribution in [3.05, 3.63) is 34.9 Å². The topological polar surface area (TPSA) is 95.1 Å². The molecule has 106 valence electrons. The van der Waals surface area contributed by atoms with E-state index in [0.29, 0.717) is 28.8 Å². The molecule has 0 amide bonds. The lowest BCUT2D eigenvalue weighted by Gasteiger charge is -2.13. The number of hydrogen-bond acceptors (Lipinski definition) is 6. The molecule has 20 heavy (non-hydrogen) atoms. The second-order valence-electron chi connectivity index (χ2n) is 4.13. The van der Waals surface area contributed by atoms with Gasteiger partial charge in [-0.15, -0.1) is 10.2 Å². The van der Waals surface area contributed by atoms with Crippen molar-refractivity contribution in [2.75, 3.05) is 18.2 Å². The van der Waals surface area contributed by atoms with Crippen LogP contribution in [0.25, 0.3) is 0 Å². The van der Waals surface area contributed by atoms with Crippen LogP contribution in [0.3, 0.4) is 0 Å². The van der Waals surface area contributed by atoms with Gasteiger partial charge in [-0.2, -0.15) is 0 Å². The van der Waals surface area contributed by atoms with Crippen LogP contribution in [0.2, 0.25) is 5.02 Å². The molecule has 0 saturated carbocycles. The molecule has 0 bridgehead atoms. The Bertz CT molecular complexity index is 641. The average Bonchev–Trinajstić information content (AvgIpc) is 2.81. The molecule has 0 atom stereocenters. The first-order valence-electron chi connectivity index (χ1n) is 5.77. The molecule has 0 aliphatic heterocycles. The molecule has 2 rings (SSSR count). The van der Waals surface area contributed by atoms with E-state index in [4.69, 9.17) is 22.1 Å². The molecular weight excluding hydrogens is 282 g/mol. The first-order chi connectivity index (χ1) is 9.52. The summed E-state index contributed by atoms with van der Waals surface area (Å²) in [6, 6.07) is 3.07. The second-order valence-corrected chi connectivity index (χ2v) is 4.54. The van der Waals surface area contributed by atoms with Crippen molar-refractivity contribution in [1.82, 2.24) is 14.8 Å². The summed E-state index contributed by atoms with van der Waals surface area (Å²) < 4.78 is 6.48. The number of aromatic nitrogens is 3. The molecule has 1 heterocycles. The molecule has 1 aromatic carbocycles. The molecule has 0 aliphatic carbocycles. The molecule has 0 spiro atoms. The zero-order valence-corrected chi connectivity index (χ0v) is 11.8. The number of anilines is 2. The van der Waals surface area contributed by atoms with Crippen molar-refractivity contribution in [3.63, 3.8) is 0 Å². The fourth-order valence-electron chi connectivity index (χ4n) is 1.71. The number of ether oxygens (including phenoxy) is 1. The summed E-state index contributed by atoms with van der Waals surface area (Å²) in [7, 11) is 3.12. The number of nitrogen functional groups attached to an aromatic ring is 1. The van der Waals surface area contributed by atoms with Crippen molar-refractivity contribution in [2.45, 2.75) is 6.54 Å². The predicted octanol–water partition coefficient (Wildman–Crippen LogP) is 1.45. The normalized spacial score (nSPS) is 10.3. The van der Waals surface area contributed by atoms with Crippen molar-refractivity contribution >= 4 is 28.9 Å². The molecule has 1 aromatic heterocycles. The summed E-state index contributed by atoms with van der Waals surface area (Å²) in [4.78, 5) is 11.8. The van der Waals surface area contributed by atoms with Gasteiger partial charge in [0.05, 0.1) is 29.9 Å². The van der Waals surface area contributed by atoms with Crippen LogP contribution in [0.4, 0.5) is 11.4 Å². The van der Waals surface area contributed by atoms with Crippen LogP contribution >= 0.6 is 11.6 Å². The van der Waals surface area contributed by atoms with Gasteiger partial charge in [-0.1, -0.05) is 11.6 Å². The van der Waals surface area contributed by atoms with Crippen LogP contribution in [-0.4, -0.2) is 27.8 Å². The molecule has 7 nitrogen and oxygen atoms in total. The van der Waals surface area contributed by atoms with Gasteiger partial charge in [-0.05, 0) is 12.1 Å². The van der Waals surface area contributed by atoms with Crippen LogP contribution in [0.5, 0.6) is 0 Å². The zero-order chi connectivity index (χ0) is 14.7. The number of nitrogens with one attached hydrogen (secondary N) is 1. The summed E-state index contributed by atoms with van der Waals surface area (Å²) in [5.74, 6) is 0.188. The number of rotatable bonds is 4. The quantitative estimate of drug-likeness (QED) is 0.655. The first kappa shape index (κ1) is 14.1. The highest BCUT2D eigenvalue weighted by molar-refractivity contribution is 6.34. The number of aryl methyl sites for hydroxylation is 1. The van der Waals surface area contributed by atoms with E-state index in [0.717, 1.165) is 0 Å². The van der Waals surface area contributed by atoms with Crippen LogP contribution in [0, 0.1) is 0 Å². The minimum absolute atomic E-state index is 0.277. The Morgan fingerprint density at radius 3 is 2.90 bits per heavy atom. The summed E-state index contributed by atoms with van der Waals surface area (Å²) in [6.45, 7) is 0.365. The molecule has 0 unspecified atom stereocenters. The first-order valence-corrected chi connectivity index (χ1v) is 6.14. The molecule has 0 fully saturated rings. The number of nitrogens with two attached hydrogens (primary N) is 1. The number of carbonyl (C=O) groups excluding carboxylic acids is 1. The maximum Gasteiger partial charge on any atom is 0.340 e. The van der Waals surface area contributed by atoms with Crippen molar-refractivity contribution in [3.8, 4) is 0 Å². The summed E-state index contributed by atoms with van der Waals surface area (Å²) in [5, 5.41) is 11.1. The highest BCUT2D eigenvalue weighted by Crippen LogP contribution is 2.30. The van der Waals surface area contributed by atoms with Crippen LogP contribution in [-0.2, 0) is 18.3 Å². The third-order valence-corrected chi connectivity index (χ3v) is 3.04. The van der Waals surface area contributed by atoms with Crippen molar-refractivity contribution in [2.24, 2.45) is 7.05 Å². The fourth-order valence-corrected chi connectivity index (χ4v) is 2.01. The van der Waals surface area contributed by atoms with Gasteiger partial charge in [0.25, 0.3) is 0 Å². The molecule has 3 N–H and O–H groups in total. The van der Waals surface area contributed by atoms with Gasteiger partial charge in [-0.25, -0.2) is 4.79 Å². The Morgan fingerprint density at radius 1 is 1.55 bits per heavy atom. The van der Waals surface area contributed by atoms with Gasteiger partial charge in [0, 0.05) is 12.7 Å². The highest BCUT2D eigenvalue weighted by atomic mass is 35.5. The van der Waals surface area contributed by atoms with Gasteiger partial charge in [0.1, 0.15) is 6.33 Å². The summed E-state index contributed by atoms with van der Waals surface area (Å²) in [5.41, 5.74) is 6.81. The van der Waals surface area contributed by atoms with Crippen LogP contribution in [0.1, 0.15) is 16.2 Å². The third kappa shape index (κ3) is 2.83. The second kappa shape index (κ2) is 5.79. The molecule has 0 aliphatic rings. The molecule has 0 radical (unpaired) electrons. The Labute approximate surface area is 120 Å². The van der Waals surface area contributed by atoms with E-state index in [-0.39, 0.29) is 5.56 Å². The van der Waals surface area contributed by atoms with Gasteiger partial charge >= 0.3 is 5.97 Å². The zero-order valence-electron chi connectivity index (χ0n) is 11.1. The van der Waals surface area contributed by atoms with Gasteiger partial charge in [-0.3, -0.25) is 0 Å². The average molecular weight is 296 g/mol. The minimum atomic E-state index is -0.514. The van der Waals surface area contributed by atoms with E-state index in [1.807, 2.05) is 7.05 Å². The Morgan fingerprint density at radius 2 is 2.30 bits per heavy atom. The summed E-state index contributed by atoms with van der Waals surface area (Å²) in [6.07, 6.45) is 1.59. The van der Waals surface area contributed by atoms with E-state index >= 15 is 0 Å². The monoisotopic (exact) mass is 295 g/mol. The number of benzene rings is 1. The largest absolute Gasteiger partial charge is 0.465 e. The lowest BCUT2D eigenvalue weighted by molar-refractivity contribution is 0.0602. The standard InChI is InChI=1S/C12H14ClN5O2/c1-18-6-16-17-10(18)5-15-11-8(12(19)20-2)3-7(14)4-9(11)13/h3-4,6,15H,5,14H2,1-2H3. The van der Waals surface area contributed by atoms with E-state index in [2.05, 4.69) is 15.5 Å². The summed E-state index contributed by atoms with van der Waals surface area (Å²) >= 11 is 6.12. The van der Waals surface area contributed by atoms with Crippen molar-refractivity contribution < 1.29 is 9.53 Å². The molecule has 2 aromatic rings. The van der Waals surface area contributed by atoms with E-state index in [9.17, 15) is 4.79 Å². The Balaban J connectivity index is 2.30. The van der Waals surface area contributed by atoms with Gasteiger partial charge < -0.3 is 20.4 Å². The van der Waals surface area contributed by atoms with E-state index < -0.39 is 5.97 Å². The van der Waals surface area contributed by atoms with Gasteiger partial charge in [0.15, 0.2) is 5.82 Å². The predicted molar refractivity (Wildman–Crippen MR) is 75.5 cm³/mol. The molecule has 0 saturated heterocycles. The number of carbonyl (C=O) groups is 1.